The van der Waals surface area contributed by atoms with Gasteiger partial charge in [-0.15, -0.1) is 0 Å². The third-order valence-electron chi connectivity index (χ3n) is 4.29. The average molecular weight is 371 g/mol. The normalized spacial score (nSPS) is 12.1. The third kappa shape index (κ3) is 2.66. The molecule has 3 aromatic rings. The first-order valence-corrected chi connectivity index (χ1v) is 8.41. The average Bonchev–Trinajstić information content (AvgIpc) is 2.61. The van der Waals surface area contributed by atoms with Crippen LogP contribution in [0.15, 0.2) is 54.6 Å². The topological polar surface area (TPSA) is 46.5 Å². The second-order valence-electron chi connectivity index (χ2n) is 5.76. The van der Waals surface area contributed by atoms with E-state index in [0.717, 1.165) is 28.2 Å². The number of benzene rings is 3. The first-order valence-electron chi connectivity index (χ1n) is 7.65. The maximum atomic E-state index is 11.8. The highest BCUT2D eigenvalue weighted by Gasteiger charge is 2.24. The molecule has 0 saturated carbocycles. The molecule has 0 fully saturated rings. The zero-order chi connectivity index (χ0) is 17.6. The Balaban J connectivity index is 1.93. The van der Waals surface area contributed by atoms with Crippen LogP contribution in [-0.2, 0) is 6.42 Å². The third-order valence-corrected chi connectivity index (χ3v) is 5.10. The second-order valence-corrected chi connectivity index (χ2v) is 6.54. The van der Waals surface area contributed by atoms with Gasteiger partial charge in [0, 0.05) is 12.0 Å². The van der Waals surface area contributed by atoms with Gasteiger partial charge in [-0.2, -0.15) is 0 Å². The molecule has 1 aliphatic rings. The lowest BCUT2D eigenvalue weighted by Crippen LogP contribution is -2.07. The molecule has 0 atom stereocenters. The van der Waals surface area contributed by atoms with Gasteiger partial charge in [0.1, 0.15) is 11.5 Å². The molecule has 1 heterocycles. The Morgan fingerprint density at radius 2 is 1.68 bits per heavy atom. The van der Waals surface area contributed by atoms with E-state index in [0.29, 0.717) is 12.0 Å². The summed E-state index contributed by atoms with van der Waals surface area (Å²) in [6.45, 7) is 0. The van der Waals surface area contributed by atoms with Gasteiger partial charge in [0.25, 0.3) is 0 Å². The monoisotopic (exact) mass is 370 g/mol. The van der Waals surface area contributed by atoms with E-state index in [1.807, 2.05) is 42.5 Å². The van der Waals surface area contributed by atoms with Crippen molar-refractivity contribution in [2.75, 3.05) is 0 Å². The van der Waals surface area contributed by atoms with E-state index in [1.54, 1.807) is 12.1 Å². The van der Waals surface area contributed by atoms with Crippen molar-refractivity contribution in [2.45, 2.75) is 6.42 Å². The molecule has 5 heteroatoms. The van der Waals surface area contributed by atoms with E-state index in [1.165, 1.54) is 0 Å². The van der Waals surface area contributed by atoms with E-state index in [-0.39, 0.29) is 15.6 Å². The molecule has 0 unspecified atom stereocenters. The number of para-hydroxylation sites is 1. The zero-order valence-corrected chi connectivity index (χ0v) is 14.4. The molecule has 124 valence electrons. The fourth-order valence-electron chi connectivity index (χ4n) is 3.14. The van der Waals surface area contributed by atoms with E-state index in [9.17, 15) is 9.90 Å². The fourth-order valence-corrected chi connectivity index (χ4v) is 3.54. The number of hydrogen-bond donors (Lipinski definition) is 1. The first kappa shape index (κ1) is 16.0. The molecule has 3 nitrogen and oxygen atoms in total. The lowest BCUT2D eigenvalue weighted by Gasteiger charge is -2.23. The van der Waals surface area contributed by atoms with Crippen LogP contribution in [0.25, 0.3) is 11.1 Å². The van der Waals surface area contributed by atoms with Gasteiger partial charge in [-0.25, -0.2) is 4.79 Å². The number of fused-ring (bicyclic) bond motifs is 2. The fraction of sp³-hybridized carbons (Fsp3) is 0.0500. The summed E-state index contributed by atoms with van der Waals surface area (Å²) in [4.78, 5) is 11.8. The number of aromatic carboxylic acids is 1. The van der Waals surface area contributed by atoms with Crippen molar-refractivity contribution < 1.29 is 14.6 Å². The molecule has 4 rings (SSSR count). The van der Waals surface area contributed by atoms with E-state index in [4.69, 9.17) is 27.9 Å². The number of carbonyl (C=O) groups is 1. The number of carboxylic acid groups (broad SMARTS) is 1. The van der Waals surface area contributed by atoms with Crippen LogP contribution >= 0.6 is 23.2 Å². The van der Waals surface area contributed by atoms with Gasteiger partial charge >= 0.3 is 5.97 Å². The molecular formula is C20H12Cl2O3. The van der Waals surface area contributed by atoms with Gasteiger partial charge in [-0.3, -0.25) is 0 Å². The van der Waals surface area contributed by atoms with Crippen molar-refractivity contribution >= 4 is 29.2 Å². The summed E-state index contributed by atoms with van der Waals surface area (Å²) in [6, 6.07) is 16.7. The largest absolute Gasteiger partial charge is 0.478 e. The molecule has 0 saturated heterocycles. The SMILES string of the molecule is O=C(O)c1c(-c2cccc3c2Cc2ccccc2O3)ccc(Cl)c1Cl. The van der Waals surface area contributed by atoms with Gasteiger partial charge in [-0.1, -0.05) is 59.6 Å². The van der Waals surface area contributed by atoms with Crippen molar-refractivity contribution in [3.8, 4) is 22.6 Å². The number of hydrogen-bond acceptors (Lipinski definition) is 2. The summed E-state index contributed by atoms with van der Waals surface area (Å²) in [6.07, 6.45) is 0.654. The molecule has 25 heavy (non-hydrogen) atoms. The molecule has 0 amide bonds. The van der Waals surface area contributed by atoms with Gasteiger partial charge in [-0.05, 0) is 34.9 Å². The van der Waals surface area contributed by atoms with Crippen LogP contribution in [0.1, 0.15) is 21.5 Å². The smallest absolute Gasteiger partial charge is 0.337 e. The minimum Gasteiger partial charge on any atom is -0.478 e. The van der Waals surface area contributed by atoms with Gasteiger partial charge in [0.15, 0.2) is 0 Å². The number of ether oxygens (including phenoxy) is 1. The Morgan fingerprint density at radius 1 is 0.920 bits per heavy atom. The van der Waals surface area contributed by atoms with Crippen LogP contribution in [0.3, 0.4) is 0 Å². The summed E-state index contributed by atoms with van der Waals surface area (Å²) in [7, 11) is 0. The summed E-state index contributed by atoms with van der Waals surface area (Å²) in [5, 5.41) is 9.88. The zero-order valence-electron chi connectivity index (χ0n) is 12.9. The quantitative estimate of drug-likeness (QED) is 0.466. The van der Waals surface area contributed by atoms with Crippen LogP contribution < -0.4 is 4.74 Å². The van der Waals surface area contributed by atoms with Crippen LogP contribution in [0, 0.1) is 0 Å². The van der Waals surface area contributed by atoms with Crippen molar-refractivity contribution in [2.24, 2.45) is 0 Å². The van der Waals surface area contributed by atoms with Crippen LogP contribution in [0.5, 0.6) is 11.5 Å². The van der Waals surface area contributed by atoms with Crippen LogP contribution in [-0.4, -0.2) is 11.1 Å². The molecule has 1 aliphatic heterocycles. The molecular weight excluding hydrogens is 359 g/mol. The van der Waals surface area contributed by atoms with E-state index in [2.05, 4.69) is 0 Å². The van der Waals surface area contributed by atoms with Crippen LogP contribution in [0.2, 0.25) is 10.0 Å². The molecule has 0 radical (unpaired) electrons. The first-order chi connectivity index (χ1) is 12.1. The van der Waals surface area contributed by atoms with Gasteiger partial charge < -0.3 is 9.84 Å². The minimum absolute atomic E-state index is 0.00132. The second kappa shape index (κ2) is 6.10. The Labute approximate surface area is 154 Å². The van der Waals surface area contributed by atoms with E-state index >= 15 is 0 Å². The molecule has 0 bridgehead atoms. The predicted molar refractivity (Wildman–Crippen MR) is 98.2 cm³/mol. The Morgan fingerprint density at radius 3 is 2.48 bits per heavy atom. The van der Waals surface area contributed by atoms with Crippen LogP contribution in [0.4, 0.5) is 0 Å². The lowest BCUT2D eigenvalue weighted by molar-refractivity contribution is 0.0698. The van der Waals surface area contributed by atoms with Gasteiger partial charge in [0.05, 0.1) is 15.6 Å². The lowest BCUT2D eigenvalue weighted by atomic mass is 9.90. The number of carboxylic acids is 1. The summed E-state index contributed by atoms with van der Waals surface area (Å²) in [5.74, 6) is 0.426. The van der Waals surface area contributed by atoms with Gasteiger partial charge in [0.2, 0.25) is 0 Å². The minimum atomic E-state index is -1.11. The molecule has 3 aromatic carbocycles. The maximum absolute atomic E-state index is 11.8. The Bertz CT molecular complexity index is 1010. The molecule has 0 aliphatic carbocycles. The van der Waals surface area contributed by atoms with E-state index < -0.39 is 5.97 Å². The number of halogens is 2. The Hall–Kier alpha value is -2.49. The Kier molecular flexibility index (Phi) is 3.91. The number of rotatable bonds is 2. The van der Waals surface area contributed by atoms with Crippen molar-refractivity contribution in [1.29, 1.82) is 0 Å². The standard InChI is InChI=1S/C20H12Cl2O3/c21-15-9-8-13(18(19(15)22)20(23)24)12-5-3-7-17-14(12)10-11-4-1-2-6-16(11)25-17/h1-9H,10H2,(H,23,24). The van der Waals surface area contributed by atoms with Crippen molar-refractivity contribution in [3.63, 3.8) is 0 Å². The summed E-state index contributed by atoms with van der Waals surface area (Å²) in [5.41, 5.74) is 3.30. The summed E-state index contributed by atoms with van der Waals surface area (Å²) < 4.78 is 5.99. The predicted octanol–water partition coefficient (Wildman–Crippen LogP) is 6.06. The van der Waals surface area contributed by atoms with Crippen molar-refractivity contribution in [3.05, 3.63) is 81.3 Å². The highest BCUT2D eigenvalue weighted by atomic mass is 35.5. The maximum Gasteiger partial charge on any atom is 0.337 e. The highest BCUT2D eigenvalue weighted by molar-refractivity contribution is 6.44. The molecule has 1 N–H and O–H groups in total. The highest BCUT2D eigenvalue weighted by Crippen LogP contribution is 2.43. The molecule has 0 aromatic heterocycles. The van der Waals surface area contributed by atoms with Crippen molar-refractivity contribution in [1.82, 2.24) is 0 Å². The molecule has 0 spiro atoms. The summed E-state index contributed by atoms with van der Waals surface area (Å²) >= 11 is 12.2.